The Morgan fingerprint density at radius 3 is 2.31 bits per heavy atom. The summed E-state index contributed by atoms with van der Waals surface area (Å²) in [5, 5.41) is -1.17. The molecule has 0 aromatic carbocycles. The number of halogens is 3. The largest absolute Gasteiger partial charge is 0.328 e. The summed E-state index contributed by atoms with van der Waals surface area (Å²) >= 11 is 17.1. The van der Waals surface area contributed by atoms with E-state index in [2.05, 4.69) is 0 Å². The number of hydrogen-bond donors (Lipinski definition) is 2. The number of hydrogen-bond acceptors (Lipinski definition) is 3. The molecule has 3 nitrogen and oxygen atoms in total. The average Bonchev–Trinajstić information content (AvgIpc) is 1.97. The van der Waals surface area contributed by atoms with E-state index in [-0.39, 0.29) is 11.8 Å². The maximum Gasteiger partial charge on any atom is 0.328 e. The Balaban J connectivity index is 4.19. The summed E-state index contributed by atoms with van der Waals surface area (Å²) in [6.07, 6.45) is 0.564. The van der Waals surface area contributed by atoms with Crippen LogP contribution in [0.4, 0.5) is 0 Å². The minimum absolute atomic E-state index is 0.211. The molecule has 0 aromatic heterocycles. The molecule has 2 atom stereocenters. The van der Waals surface area contributed by atoms with Gasteiger partial charge < -0.3 is 9.79 Å². The smallest absolute Gasteiger partial charge is 0.328 e. The predicted octanol–water partition coefficient (Wildman–Crippen LogP) is 2.65. The molecule has 2 unspecified atom stereocenters. The van der Waals surface area contributed by atoms with Crippen LogP contribution in [0.15, 0.2) is 0 Å². The van der Waals surface area contributed by atoms with Gasteiger partial charge in [-0.3, -0.25) is 4.52 Å². The molecule has 80 valence electrons. The van der Waals surface area contributed by atoms with Crippen molar-refractivity contribution in [3.8, 4) is 0 Å². The summed E-state index contributed by atoms with van der Waals surface area (Å²) in [4.78, 5) is 17.3. The molecule has 0 spiro atoms. The molecule has 2 N–H and O–H groups in total. The van der Waals surface area contributed by atoms with E-state index in [1.807, 2.05) is 0 Å². The second-order valence-corrected chi connectivity index (χ2v) is 4.78. The van der Waals surface area contributed by atoms with Crippen LogP contribution in [0.3, 0.4) is 0 Å². The van der Waals surface area contributed by atoms with Crippen molar-refractivity contribution in [3.63, 3.8) is 0 Å². The molecule has 0 aromatic rings. The van der Waals surface area contributed by atoms with E-state index in [4.69, 9.17) is 49.1 Å². The van der Waals surface area contributed by atoms with Gasteiger partial charge in [-0.1, -0.05) is 11.6 Å². The number of rotatable bonds is 6. The second kappa shape index (κ2) is 6.62. The van der Waals surface area contributed by atoms with Crippen molar-refractivity contribution in [1.82, 2.24) is 0 Å². The topological polar surface area (TPSA) is 49.7 Å². The van der Waals surface area contributed by atoms with Crippen molar-refractivity contribution in [2.75, 3.05) is 11.8 Å². The SMILES string of the molecule is CC(Cl)(OP(O)O)C(CCl)CCCl. The van der Waals surface area contributed by atoms with Crippen molar-refractivity contribution in [1.29, 1.82) is 0 Å². The molecule has 0 amide bonds. The van der Waals surface area contributed by atoms with Crippen molar-refractivity contribution >= 4 is 43.4 Å². The summed E-state index contributed by atoms with van der Waals surface area (Å²) < 4.78 is 4.74. The van der Waals surface area contributed by atoms with Gasteiger partial charge in [-0.05, 0) is 13.3 Å². The Hall–Kier alpha value is 1.18. The molecule has 0 aliphatic carbocycles. The van der Waals surface area contributed by atoms with E-state index in [1.54, 1.807) is 0 Å². The molecule has 0 saturated carbocycles. The monoisotopic (exact) mass is 268 g/mol. The fourth-order valence-electron chi connectivity index (χ4n) is 0.839. The summed E-state index contributed by atoms with van der Waals surface area (Å²) in [6, 6.07) is 0. The van der Waals surface area contributed by atoms with Gasteiger partial charge in [-0.2, -0.15) is 0 Å². The van der Waals surface area contributed by atoms with Gasteiger partial charge in [-0.15, -0.1) is 23.2 Å². The lowest BCUT2D eigenvalue weighted by atomic mass is 10.0. The normalized spacial score (nSPS) is 18.7. The van der Waals surface area contributed by atoms with Gasteiger partial charge in [-0.25, -0.2) is 0 Å². The van der Waals surface area contributed by atoms with Gasteiger partial charge in [0.05, 0.1) is 0 Å². The van der Waals surface area contributed by atoms with Gasteiger partial charge in [0.1, 0.15) is 0 Å². The van der Waals surface area contributed by atoms with Crippen LogP contribution in [0.5, 0.6) is 0 Å². The molecule has 0 saturated heterocycles. The maximum atomic E-state index is 8.64. The molecule has 0 aliphatic heterocycles. The van der Waals surface area contributed by atoms with E-state index in [0.29, 0.717) is 12.3 Å². The second-order valence-electron chi connectivity index (χ2n) is 2.66. The predicted molar refractivity (Wildman–Crippen MR) is 56.2 cm³/mol. The van der Waals surface area contributed by atoms with Crippen LogP contribution in [0, 0.1) is 5.92 Å². The third kappa shape index (κ3) is 5.58. The van der Waals surface area contributed by atoms with Crippen LogP contribution in [0.25, 0.3) is 0 Å². The Morgan fingerprint density at radius 1 is 1.46 bits per heavy atom. The van der Waals surface area contributed by atoms with Gasteiger partial charge in [0, 0.05) is 17.7 Å². The van der Waals surface area contributed by atoms with Gasteiger partial charge in [0.25, 0.3) is 0 Å². The van der Waals surface area contributed by atoms with E-state index in [0.717, 1.165) is 0 Å². The zero-order chi connectivity index (χ0) is 10.5. The summed E-state index contributed by atoms with van der Waals surface area (Å²) in [5.41, 5.74) is 0. The van der Waals surface area contributed by atoms with E-state index >= 15 is 0 Å². The minimum Gasteiger partial charge on any atom is -0.328 e. The maximum absolute atomic E-state index is 8.64. The third-order valence-corrected chi connectivity index (χ3v) is 3.26. The lowest BCUT2D eigenvalue weighted by molar-refractivity contribution is 0.0986. The highest BCUT2D eigenvalue weighted by molar-refractivity contribution is 7.39. The lowest BCUT2D eigenvalue weighted by Gasteiger charge is -2.30. The summed E-state index contributed by atoms with van der Waals surface area (Å²) in [5.74, 6) is 0.450. The van der Waals surface area contributed by atoms with Crippen molar-refractivity contribution in [3.05, 3.63) is 0 Å². The molecule has 0 aliphatic rings. The van der Waals surface area contributed by atoms with E-state index < -0.39 is 13.7 Å². The summed E-state index contributed by atoms with van der Waals surface area (Å²) in [7, 11) is -2.47. The third-order valence-electron chi connectivity index (χ3n) is 1.63. The molecular formula is C6H12Cl3O3P. The standard InChI is InChI=1S/C6H12Cl3O3P/c1-6(9,12-13(10)11)5(4-8)2-3-7/h5,10-11H,2-4H2,1H3. The zero-order valence-corrected chi connectivity index (χ0v) is 10.2. The Labute approximate surface area is 93.9 Å². The van der Waals surface area contributed by atoms with Crippen LogP contribution in [-0.4, -0.2) is 26.6 Å². The van der Waals surface area contributed by atoms with Crippen LogP contribution < -0.4 is 0 Å². The molecule has 0 heterocycles. The van der Waals surface area contributed by atoms with Gasteiger partial charge in [0.2, 0.25) is 0 Å². The molecular weight excluding hydrogens is 257 g/mol. The first-order valence-electron chi connectivity index (χ1n) is 3.62. The first kappa shape index (κ1) is 14.2. The highest BCUT2D eigenvalue weighted by Crippen LogP contribution is 2.41. The van der Waals surface area contributed by atoms with Crippen molar-refractivity contribution in [2.45, 2.75) is 18.4 Å². The number of alkyl halides is 3. The van der Waals surface area contributed by atoms with Crippen LogP contribution in [-0.2, 0) is 4.52 Å². The molecule has 0 radical (unpaired) electrons. The first-order valence-corrected chi connectivity index (χ1v) is 6.23. The van der Waals surface area contributed by atoms with Crippen molar-refractivity contribution in [2.24, 2.45) is 5.92 Å². The quantitative estimate of drug-likeness (QED) is 0.576. The molecule has 7 heteroatoms. The fraction of sp³-hybridized carbons (Fsp3) is 1.00. The molecule has 13 heavy (non-hydrogen) atoms. The van der Waals surface area contributed by atoms with Crippen LogP contribution in [0.2, 0.25) is 0 Å². The van der Waals surface area contributed by atoms with Crippen molar-refractivity contribution < 1.29 is 14.3 Å². The fourth-order valence-corrected chi connectivity index (χ4v) is 2.47. The van der Waals surface area contributed by atoms with E-state index in [9.17, 15) is 0 Å². The first-order chi connectivity index (χ1) is 5.94. The summed E-state index contributed by atoms with van der Waals surface area (Å²) in [6.45, 7) is 1.54. The minimum atomic E-state index is -2.47. The lowest BCUT2D eigenvalue weighted by Crippen LogP contribution is -2.32. The molecule has 0 bridgehead atoms. The van der Waals surface area contributed by atoms with E-state index in [1.165, 1.54) is 6.92 Å². The zero-order valence-electron chi connectivity index (χ0n) is 7.08. The highest BCUT2D eigenvalue weighted by atomic mass is 35.5. The van der Waals surface area contributed by atoms with Gasteiger partial charge >= 0.3 is 8.60 Å². The molecule has 0 fully saturated rings. The Kier molecular flexibility index (Phi) is 7.23. The van der Waals surface area contributed by atoms with Crippen LogP contribution in [0.1, 0.15) is 13.3 Å². The average molecular weight is 269 g/mol. The Bertz CT molecular complexity index is 145. The highest BCUT2D eigenvalue weighted by Gasteiger charge is 2.34. The van der Waals surface area contributed by atoms with Crippen LogP contribution >= 0.6 is 43.4 Å². The molecule has 0 rings (SSSR count). The van der Waals surface area contributed by atoms with Gasteiger partial charge in [0.15, 0.2) is 5.06 Å². The Morgan fingerprint density at radius 2 is 2.00 bits per heavy atom.